The molecular formula is C10H20O3S. The molecule has 1 atom stereocenters. The zero-order chi connectivity index (χ0) is 11.4. The van der Waals surface area contributed by atoms with E-state index < -0.39 is 9.84 Å². The van der Waals surface area contributed by atoms with Gasteiger partial charge in [0.05, 0.1) is 11.0 Å². The van der Waals surface area contributed by atoms with Crippen LogP contribution in [0.2, 0.25) is 0 Å². The van der Waals surface area contributed by atoms with Crippen molar-refractivity contribution in [1.82, 2.24) is 0 Å². The molecule has 0 heterocycles. The van der Waals surface area contributed by atoms with Crippen molar-refractivity contribution in [1.29, 1.82) is 0 Å². The van der Waals surface area contributed by atoms with Crippen molar-refractivity contribution in [2.75, 3.05) is 5.75 Å². The van der Waals surface area contributed by atoms with Gasteiger partial charge in [-0.3, -0.25) is 4.79 Å². The number of hydrogen-bond donors (Lipinski definition) is 0. The van der Waals surface area contributed by atoms with E-state index in [2.05, 4.69) is 0 Å². The van der Waals surface area contributed by atoms with Gasteiger partial charge in [0.2, 0.25) is 0 Å². The zero-order valence-electron chi connectivity index (χ0n) is 9.41. The maximum atomic E-state index is 11.4. The van der Waals surface area contributed by atoms with Gasteiger partial charge in [-0.1, -0.05) is 13.8 Å². The van der Waals surface area contributed by atoms with Crippen LogP contribution in [-0.2, 0) is 14.6 Å². The smallest absolute Gasteiger partial charge is 0.152 e. The average molecular weight is 220 g/mol. The van der Waals surface area contributed by atoms with E-state index in [4.69, 9.17) is 0 Å². The van der Waals surface area contributed by atoms with Crippen LogP contribution in [0.3, 0.4) is 0 Å². The highest BCUT2D eigenvalue weighted by molar-refractivity contribution is 7.91. The molecule has 84 valence electrons. The highest BCUT2D eigenvalue weighted by Gasteiger charge is 2.19. The van der Waals surface area contributed by atoms with Crippen LogP contribution < -0.4 is 0 Å². The number of carbonyl (C=O) groups excluding carboxylic acids is 1. The molecule has 0 aromatic carbocycles. The molecule has 4 heteroatoms. The van der Waals surface area contributed by atoms with E-state index in [-0.39, 0.29) is 22.7 Å². The molecule has 14 heavy (non-hydrogen) atoms. The topological polar surface area (TPSA) is 51.2 Å². The zero-order valence-corrected chi connectivity index (χ0v) is 10.2. The second kappa shape index (κ2) is 5.49. The lowest BCUT2D eigenvalue weighted by Crippen LogP contribution is -2.21. The summed E-state index contributed by atoms with van der Waals surface area (Å²) in [7, 11) is -2.99. The number of Topliss-reactive ketones (excluding diaryl/α,β-unsaturated/α-hetero) is 1. The maximum Gasteiger partial charge on any atom is 0.152 e. The molecule has 0 aliphatic rings. The average Bonchev–Trinajstić information content (AvgIpc) is 2.12. The first-order chi connectivity index (χ1) is 6.31. The quantitative estimate of drug-likeness (QED) is 0.686. The van der Waals surface area contributed by atoms with E-state index in [1.54, 1.807) is 27.7 Å². The molecule has 0 bridgehead atoms. The van der Waals surface area contributed by atoms with Crippen molar-refractivity contribution >= 4 is 15.6 Å². The molecule has 1 unspecified atom stereocenters. The Hall–Kier alpha value is -0.380. The maximum absolute atomic E-state index is 11.4. The van der Waals surface area contributed by atoms with Crippen LogP contribution >= 0.6 is 0 Å². The van der Waals surface area contributed by atoms with Crippen molar-refractivity contribution in [3.05, 3.63) is 0 Å². The van der Waals surface area contributed by atoms with Gasteiger partial charge < -0.3 is 0 Å². The van der Waals surface area contributed by atoms with Gasteiger partial charge in [0.25, 0.3) is 0 Å². The molecule has 0 aliphatic carbocycles. The Morgan fingerprint density at radius 2 is 1.71 bits per heavy atom. The fourth-order valence-electron chi connectivity index (χ4n) is 1.09. The van der Waals surface area contributed by atoms with Crippen LogP contribution in [0.1, 0.15) is 40.5 Å². The minimum atomic E-state index is -2.99. The van der Waals surface area contributed by atoms with Crippen LogP contribution in [0.4, 0.5) is 0 Å². The molecule has 0 spiro atoms. The summed E-state index contributed by atoms with van der Waals surface area (Å²) < 4.78 is 22.9. The van der Waals surface area contributed by atoms with E-state index in [9.17, 15) is 13.2 Å². The second-order valence-corrected chi connectivity index (χ2v) is 6.60. The molecule has 0 saturated carbocycles. The Bertz CT molecular complexity index is 278. The van der Waals surface area contributed by atoms with Gasteiger partial charge in [-0.15, -0.1) is 0 Å². The van der Waals surface area contributed by atoms with Gasteiger partial charge in [-0.05, 0) is 20.3 Å². The first-order valence-corrected chi connectivity index (χ1v) is 6.77. The number of sulfone groups is 1. The Morgan fingerprint density at radius 3 is 2.07 bits per heavy atom. The summed E-state index contributed by atoms with van der Waals surface area (Å²) in [6.07, 6.45) is 0.941. The Labute approximate surface area is 86.8 Å². The van der Waals surface area contributed by atoms with Gasteiger partial charge in [0.1, 0.15) is 5.78 Å². The van der Waals surface area contributed by atoms with E-state index in [1.165, 1.54) is 0 Å². The summed E-state index contributed by atoms with van der Waals surface area (Å²) in [5, 5.41) is -0.341. The van der Waals surface area contributed by atoms with Crippen LogP contribution in [-0.4, -0.2) is 25.2 Å². The molecule has 0 saturated heterocycles. The summed E-state index contributed by atoms with van der Waals surface area (Å²) in [6, 6.07) is 0. The van der Waals surface area contributed by atoms with Gasteiger partial charge >= 0.3 is 0 Å². The molecule has 0 rings (SSSR count). The van der Waals surface area contributed by atoms with E-state index in [1.807, 2.05) is 0 Å². The largest absolute Gasteiger partial charge is 0.299 e. The first-order valence-electron chi connectivity index (χ1n) is 5.05. The summed E-state index contributed by atoms with van der Waals surface area (Å²) in [4.78, 5) is 11.2. The van der Waals surface area contributed by atoms with E-state index >= 15 is 0 Å². The third-order valence-corrected chi connectivity index (χ3v) is 4.69. The molecule has 0 aliphatic heterocycles. The Kier molecular flexibility index (Phi) is 5.34. The predicted molar refractivity (Wildman–Crippen MR) is 58.0 cm³/mol. The van der Waals surface area contributed by atoms with Crippen molar-refractivity contribution in [3.63, 3.8) is 0 Å². The molecule has 0 aromatic rings. The molecule has 0 radical (unpaired) electrons. The van der Waals surface area contributed by atoms with Crippen molar-refractivity contribution < 1.29 is 13.2 Å². The third-order valence-electron chi connectivity index (χ3n) is 2.45. The number of rotatable bonds is 6. The molecular weight excluding hydrogens is 200 g/mol. The normalized spacial score (nSPS) is 14.4. The van der Waals surface area contributed by atoms with E-state index in [0.717, 1.165) is 0 Å². The highest BCUT2D eigenvalue weighted by atomic mass is 32.2. The fourth-order valence-corrected chi connectivity index (χ4v) is 2.24. The monoisotopic (exact) mass is 220 g/mol. The van der Waals surface area contributed by atoms with Crippen LogP contribution in [0, 0.1) is 5.92 Å². The van der Waals surface area contributed by atoms with Crippen LogP contribution in [0.5, 0.6) is 0 Å². The lowest BCUT2D eigenvalue weighted by Gasteiger charge is -2.11. The lowest BCUT2D eigenvalue weighted by molar-refractivity contribution is -0.122. The summed E-state index contributed by atoms with van der Waals surface area (Å²) in [5.41, 5.74) is 0. The summed E-state index contributed by atoms with van der Waals surface area (Å²) >= 11 is 0. The molecule has 0 aromatic heterocycles. The summed E-state index contributed by atoms with van der Waals surface area (Å²) in [6.45, 7) is 6.93. The van der Waals surface area contributed by atoms with Crippen LogP contribution in [0.15, 0.2) is 0 Å². The number of ketones is 1. The number of hydrogen-bond acceptors (Lipinski definition) is 3. The highest BCUT2D eigenvalue weighted by Crippen LogP contribution is 2.10. The summed E-state index contributed by atoms with van der Waals surface area (Å²) in [5.74, 6) is 0.134. The Balaban J connectivity index is 4.14. The van der Waals surface area contributed by atoms with Gasteiger partial charge in [0.15, 0.2) is 9.84 Å². The standard InChI is InChI=1S/C10H20O3S/c1-5-10(11)9(4)6-7-14(12,13)8(2)3/h8-9H,5-7H2,1-4H3. The minimum Gasteiger partial charge on any atom is -0.299 e. The Morgan fingerprint density at radius 1 is 1.21 bits per heavy atom. The molecule has 3 nitrogen and oxygen atoms in total. The minimum absolute atomic E-state index is 0.123. The predicted octanol–water partition coefficient (Wildman–Crippen LogP) is 1.81. The van der Waals surface area contributed by atoms with E-state index in [0.29, 0.717) is 12.8 Å². The van der Waals surface area contributed by atoms with Gasteiger partial charge in [-0.2, -0.15) is 0 Å². The molecule has 0 N–H and O–H groups in total. The number of carbonyl (C=O) groups is 1. The first kappa shape index (κ1) is 13.6. The van der Waals surface area contributed by atoms with Gasteiger partial charge in [0, 0.05) is 12.3 Å². The third kappa shape index (κ3) is 4.22. The second-order valence-electron chi connectivity index (χ2n) is 3.93. The van der Waals surface area contributed by atoms with Crippen molar-refractivity contribution in [3.8, 4) is 0 Å². The van der Waals surface area contributed by atoms with Crippen molar-refractivity contribution in [2.24, 2.45) is 5.92 Å². The van der Waals surface area contributed by atoms with Gasteiger partial charge in [-0.25, -0.2) is 8.42 Å². The lowest BCUT2D eigenvalue weighted by atomic mass is 10.0. The molecule has 0 amide bonds. The molecule has 0 fully saturated rings. The fraction of sp³-hybridized carbons (Fsp3) is 0.900. The van der Waals surface area contributed by atoms with Crippen molar-refractivity contribution in [2.45, 2.75) is 45.8 Å². The SMILES string of the molecule is CCC(=O)C(C)CCS(=O)(=O)C(C)C. The van der Waals surface area contributed by atoms with Crippen LogP contribution in [0.25, 0.3) is 0 Å².